The van der Waals surface area contributed by atoms with Gasteiger partial charge in [-0.05, 0) is 31.0 Å². The molecule has 0 aliphatic heterocycles. The molecule has 7 heteroatoms. The Morgan fingerprint density at radius 1 is 1.25 bits per heavy atom. The number of aromatic nitrogens is 2. The fourth-order valence-corrected chi connectivity index (χ4v) is 2.45. The molecule has 104 valence electrons. The first-order chi connectivity index (χ1) is 9.61. The van der Waals surface area contributed by atoms with E-state index >= 15 is 0 Å². The van der Waals surface area contributed by atoms with Crippen LogP contribution in [0.4, 0.5) is 5.69 Å². The van der Waals surface area contributed by atoms with Gasteiger partial charge in [-0.3, -0.25) is 20.0 Å². The first-order valence-electron chi connectivity index (χ1n) is 6.16. The molecule has 6 nitrogen and oxygen atoms in total. The maximum absolute atomic E-state index is 12.5. The predicted octanol–water partition coefficient (Wildman–Crippen LogP) is 1.79. The van der Waals surface area contributed by atoms with Crippen molar-refractivity contribution in [3.63, 3.8) is 0 Å². The second-order valence-corrected chi connectivity index (χ2v) is 5.07. The van der Waals surface area contributed by atoms with Gasteiger partial charge in [0.05, 0.1) is 11.4 Å². The van der Waals surface area contributed by atoms with Gasteiger partial charge < -0.3 is 0 Å². The van der Waals surface area contributed by atoms with Gasteiger partial charge in [0, 0.05) is 12.1 Å². The summed E-state index contributed by atoms with van der Waals surface area (Å²) in [4.78, 5) is 24.5. The normalized spacial score (nSPS) is 14.3. The van der Waals surface area contributed by atoms with Crippen molar-refractivity contribution in [1.29, 1.82) is 0 Å². The number of halogens is 1. The molecule has 0 spiro atoms. The average molecular weight is 294 g/mol. The van der Waals surface area contributed by atoms with Crippen molar-refractivity contribution in [1.82, 2.24) is 9.13 Å². The van der Waals surface area contributed by atoms with Gasteiger partial charge in [0.1, 0.15) is 5.15 Å². The molecule has 2 aromatic rings. The summed E-state index contributed by atoms with van der Waals surface area (Å²) in [5, 5.41) is 9.06. The summed E-state index contributed by atoms with van der Waals surface area (Å²) in [7, 11) is 0. The van der Waals surface area contributed by atoms with Crippen molar-refractivity contribution in [3.8, 4) is 5.69 Å². The van der Waals surface area contributed by atoms with Crippen LogP contribution in [0.3, 0.4) is 0 Å². The van der Waals surface area contributed by atoms with Gasteiger partial charge in [0.15, 0.2) is 0 Å². The second kappa shape index (κ2) is 4.81. The highest BCUT2D eigenvalue weighted by molar-refractivity contribution is 6.29. The van der Waals surface area contributed by atoms with Crippen LogP contribution in [-0.4, -0.2) is 14.3 Å². The molecule has 20 heavy (non-hydrogen) atoms. The lowest BCUT2D eigenvalue weighted by atomic mass is 10.3. The molecule has 2 N–H and O–H groups in total. The highest BCUT2D eigenvalue weighted by atomic mass is 35.5. The molecule has 1 aromatic carbocycles. The minimum absolute atomic E-state index is 0.0704. The van der Waals surface area contributed by atoms with E-state index in [-0.39, 0.29) is 11.2 Å². The summed E-state index contributed by atoms with van der Waals surface area (Å²) in [6.45, 7) is 0. The van der Waals surface area contributed by atoms with E-state index in [4.69, 9.17) is 16.8 Å². The lowest BCUT2D eigenvalue weighted by Gasteiger charge is -2.11. The summed E-state index contributed by atoms with van der Waals surface area (Å²) in [5.41, 5.74) is 1.81. The van der Waals surface area contributed by atoms with Gasteiger partial charge in [-0.15, -0.1) is 0 Å². The average Bonchev–Trinajstić information content (AvgIpc) is 3.23. The molecule has 0 unspecified atom stereocenters. The van der Waals surface area contributed by atoms with Crippen molar-refractivity contribution < 1.29 is 5.21 Å². The first kappa shape index (κ1) is 13.0. The van der Waals surface area contributed by atoms with Gasteiger partial charge in [0.2, 0.25) is 0 Å². The standard InChI is InChI=1S/C13H12ClN3O3/c14-11-7-12(18)17(13(19)16(11)9-4-5-9)10-3-1-2-8(6-10)15-20/h1-3,6-7,9,15,20H,4-5H2. The SMILES string of the molecule is O=c1cc(Cl)n(C2CC2)c(=O)n1-c1cccc(NO)c1. The lowest BCUT2D eigenvalue weighted by molar-refractivity contribution is 0.389. The van der Waals surface area contributed by atoms with Crippen LogP contribution >= 0.6 is 11.6 Å². The zero-order valence-corrected chi connectivity index (χ0v) is 11.2. The topological polar surface area (TPSA) is 76.3 Å². The van der Waals surface area contributed by atoms with Crippen LogP contribution in [0.25, 0.3) is 5.69 Å². The number of benzene rings is 1. The number of rotatable bonds is 3. The summed E-state index contributed by atoms with van der Waals surface area (Å²) in [6.07, 6.45) is 1.77. The Bertz CT molecular complexity index is 777. The Morgan fingerprint density at radius 2 is 2.00 bits per heavy atom. The van der Waals surface area contributed by atoms with Crippen LogP contribution in [0.2, 0.25) is 5.15 Å². The number of nitrogens with one attached hydrogen (secondary N) is 1. The van der Waals surface area contributed by atoms with E-state index in [0.29, 0.717) is 11.4 Å². The third-order valence-electron chi connectivity index (χ3n) is 3.24. The summed E-state index contributed by atoms with van der Waals surface area (Å²) < 4.78 is 2.48. The Labute approximate surface area is 118 Å². The van der Waals surface area contributed by atoms with Crippen LogP contribution in [0.15, 0.2) is 39.9 Å². The molecule has 0 radical (unpaired) electrons. The quantitative estimate of drug-likeness (QED) is 0.668. The van der Waals surface area contributed by atoms with E-state index in [1.54, 1.807) is 18.2 Å². The third kappa shape index (κ3) is 2.13. The molecular formula is C13H12ClN3O3. The number of hydrogen-bond donors (Lipinski definition) is 2. The van der Waals surface area contributed by atoms with Crippen LogP contribution in [-0.2, 0) is 0 Å². The van der Waals surface area contributed by atoms with Crippen LogP contribution in [0, 0.1) is 0 Å². The maximum Gasteiger partial charge on any atom is 0.337 e. The van der Waals surface area contributed by atoms with Crippen LogP contribution in [0.1, 0.15) is 18.9 Å². The van der Waals surface area contributed by atoms with Gasteiger partial charge in [-0.25, -0.2) is 9.36 Å². The highest BCUT2D eigenvalue weighted by Gasteiger charge is 2.28. The molecule has 1 aliphatic rings. The smallest absolute Gasteiger partial charge is 0.291 e. The van der Waals surface area contributed by atoms with Crippen molar-refractivity contribution >= 4 is 17.3 Å². The molecular weight excluding hydrogens is 282 g/mol. The van der Waals surface area contributed by atoms with E-state index in [2.05, 4.69) is 0 Å². The van der Waals surface area contributed by atoms with Crippen molar-refractivity contribution in [2.45, 2.75) is 18.9 Å². The van der Waals surface area contributed by atoms with Crippen LogP contribution in [0.5, 0.6) is 0 Å². The monoisotopic (exact) mass is 293 g/mol. The minimum Gasteiger partial charge on any atom is -0.291 e. The maximum atomic E-state index is 12.5. The fraction of sp³-hybridized carbons (Fsp3) is 0.231. The van der Waals surface area contributed by atoms with Gasteiger partial charge in [-0.2, -0.15) is 0 Å². The molecule has 1 aliphatic carbocycles. The number of anilines is 1. The molecule has 1 fully saturated rings. The second-order valence-electron chi connectivity index (χ2n) is 4.69. The molecule has 1 saturated carbocycles. The zero-order valence-electron chi connectivity index (χ0n) is 10.4. The molecule has 1 aromatic heterocycles. The van der Waals surface area contributed by atoms with E-state index < -0.39 is 11.2 Å². The van der Waals surface area contributed by atoms with Gasteiger partial charge in [-0.1, -0.05) is 17.7 Å². The molecule has 0 bridgehead atoms. The Kier molecular flexibility index (Phi) is 3.11. The van der Waals surface area contributed by atoms with E-state index in [0.717, 1.165) is 17.4 Å². The fourth-order valence-electron chi connectivity index (χ4n) is 2.14. The van der Waals surface area contributed by atoms with Crippen molar-refractivity contribution in [3.05, 3.63) is 56.3 Å². The lowest BCUT2D eigenvalue weighted by Crippen LogP contribution is -2.38. The largest absolute Gasteiger partial charge is 0.337 e. The van der Waals surface area contributed by atoms with Crippen molar-refractivity contribution in [2.24, 2.45) is 0 Å². The zero-order chi connectivity index (χ0) is 14.3. The summed E-state index contributed by atoms with van der Waals surface area (Å²) in [6, 6.07) is 7.68. The summed E-state index contributed by atoms with van der Waals surface area (Å²) in [5.74, 6) is 0. The molecule has 0 saturated heterocycles. The highest BCUT2D eigenvalue weighted by Crippen LogP contribution is 2.35. The molecule has 3 rings (SSSR count). The Morgan fingerprint density at radius 3 is 2.65 bits per heavy atom. The summed E-state index contributed by atoms with van der Waals surface area (Å²) >= 11 is 5.99. The van der Waals surface area contributed by atoms with E-state index in [1.807, 2.05) is 5.48 Å². The Hall–Kier alpha value is -2.05. The molecule has 0 amide bonds. The van der Waals surface area contributed by atoms with Crippen LogP contribution < -0.4 is 16.7 Å². The van der Waals surface area contributed by atoms with E-state index in [9.17, 15) is 9.59 Å². The predicted molar refractivity (Wildman–Crippen MR) is 75.0 cm³/mol. The van der Waals surface area contributed by atoms with Gasteiger partial charge in [0.25, 0.3) is 5.56 Å². The number of nitrogens with zero attached hydrogens (tertiary/aromatic N) is 2. The minimum atomic E-state index is -0.494. The van der Waals surface area contributed by atoms with Crippen molar-refractivity contribution in [2.75, 3.05) is 5.48 Å². The molecule has 0 atom stereocenters. The third-order valence-corrected chi connectivity index (χ3v) is 3.53. The number of hydrogen-bond acceptors (Lipinski definition) is 4. The Balaban J connectivity index is 2.25. The van der Waals surface area contributed by atoms with Gasteiger partial charge >= 0.3 is 5.69 Å². The molecule has 1 heterocycles. The van der Waals surface area contributed by atoms with E-state index in [1.165, 1.54) is 16.7 Å². The first-order valence-corrected chi connectivity index (χ1v) is 6.54.